The number of amides is 2. The Balaban J connectivity index is 1.65. The summed E-state index contributed by atoms with van der Waals surface area (Å²) in [6.45, 7) is -0.0716. The molecule has 3 rings (SSSR count). The zero-order valence-electron chi connectivity index (χ0n) is 17.2. The summed E-state index contributed by atoms with van der Waals surface area (Å²) in [5.74, 6) is -0.491. The average Bonchev–Trinajstić information content (AvgIpc) is 3.03. The minimum Gasteiger partial charge on any atom is -0.496 e. The minimum atomic E-state index is -4.53. The molecule has 0 saturated carbocycles. The highest BCUT2D eigenvalue weighted by molar-refractivity contribution is 6.32. The van der Waals surface area contributed by atoms with E-state index in [1.807, 2.05) is 0 Å². The SMILES string of the molecule is COc1ccccc1C(=O)N1CCCN(C(=O)c2cnc(OCC(F)(F)F)c(Cl)c2)CC1. The molecule has 0 N–H and O–H groups in total. The summed E-state index contributed by atoms with van der Waals surface area (Å²) in [5, 5.41) is -0.192. The summed E-state index contributed by atoms with van der Waals surface area (Å²) in [4.78, 5) is 32.7. The highest BCUT2D eigenvalue weighted by Crippen LogP contribution is 2.26. The van der Waals surface area contributed by atoms with E-state index in [9.17, 15) is 22.8 Å². The van der Waals surface area contributed by atoms with Crippen LogP contribution in [-0.4, -0.2) is 72.7 Å². The molecule has 2 aromatic rings. The maximum atomic E-state index is 12.9. The number of aromatic nitrogens is 1. The molecule has 0 radical (unpaired) electrons. The van der Waals surface area contributed by atoms with Crippen molar-refractivity contribution >= 4 is 23.4 Å². The fourth-order valence-electron chi connectivity index (χ4n) is 3.30. The summed E-state index contributed by atoms with van der Waals surface area (Å²) < 4.78 is 46.7. The van der Waals surface area contributed by atoms with Gasteiger partial charge in [0.1, 0.15) is 10.8 Å². The molecule has 32 heavy (non-hydrogen) atoms. The number of pyridine rings is 1. The zero-order valence-corrected chi connectivity index (χ0v) is 17.9. The van der Waals surface area contributed by atoms with E-state index >= 15 is 0 Å². The van der Waals surface area contributed by atoms with Crippen LogP contribution in [-0.2, 0) is 0 Å². The van der Waals surface area contributed by atoms with Gasteiger partial charge in [0.05, 0.1) is 18.2 Å². The number of rotatable bonds is 5. The molecule has 2 amide bonds. The maximum Gasteiger partial charge on any atom is 0.422 e. The number of nitrogens with zero attached hydrogens (tertiary/aromatic N) is 3. The number of halogens is 4. The molecule has 0 spiro atoms. The van der Waals surface area contributed by atoms with Crippen molar-refractivity contribution in [1.29, 1.82) is 0 Å². The van der Waals surface area contributed by atoms with Gasteiger partial charge in [0, 0.05) is 32.4 Å². The predicted molar refractivity (Wildman–Crippen MR) is 110 cm³/mol. The number of carbonyl (C=O) groups is 2. The molecule has 172 valence electrons. The molecule has 0 bridgehead atoms. The van der Waals surface area contributed by atoms with Crippen molar-refractivity contribution in [3.8, 4) is 11.6 Å². The largest absolute Gasteiger partial charge is 0.496 e. The molecule has 1 aromatic carbocycles. The van der Waals surface area contributed by atoms with Crippen molar-refractivity contribution in [3.63, 3.8) is 0 Å². The summed E-state index contributed by atoms with van der Waals surface area (Å²) in [6.07, 6.45) is -2.85. The quantitative estimate of drug-likeness (QED) is 0.665. The van der Waals surface area contributed by atoms with E-state index in [1.165, 1.54) is 13.2 Å². The highest BCUT2D eigenvalue weighted by atomic mass is 35.5. The molecule has 2 heterocycles. The molecule has 0 aliphatic carbocycles. The van der Waals surface area contributed by atoms with Crippen molar-refractivity contribution in [1.82, 2.24) is 14.8 Å². The molecule has 1 aliphatic heterocycles. The normalized spacial score (nSPS) is 14.7. The van der Waals surface area contributed by atoms with E-state index in [-0.39, 0.29) is 28.9 Å². The first kappa shape index (κ1) is 23.6. The van der Waals surface area contributed by atoms with Crippen LogP contribution in [0.5, 0.6) is 11.6 Å². The number of hydrogen-bond acceptors (Lipinski definition) is 5. The second-order valence-corrected chi connectivity index (χ2v) is 7.46. The van der Waals surface area contributed by atoms with Gasteiger partial charge in [-0.3, -0.25) is 9.59 Å². The van der Waals surface area contributed by atoms with Crippen LogP contribution in [0.1, 0.15) is 27.1 Å². The molecule has 0 atom stereocenters. The zero-order chi connectivity index (χ0) is 23.3. The molecule has 1 aliphatic rings. The number of hydrogen-bond donors (Lipinski definition) is 0. The fourth-order valence-corrected chi connectivity index (χ4v) is 3.52. The number of methoxy groups -OCH3 is 1. The number of ether oxygens (including phenoxy) is 2. The minimum absolute atomic E-state index is 0.124. The van der Waals surface area contributed by atoms with E-state index in [0.29, 0.717) is 37.4 Å². The Labute approximate surface area is 187 Å². The lowest BCUT2D eigenvalue weighted by Crippen LogP contribution is -2.37. The standard InChI is InChI=1S/C21H21ClF3N3O4/c1-31-17-6-3-2-5-15(17)20(30)28-8-4-7-27(9-10-28)19(29)14-11-16(22)18(26-12-14)32-13-21(23,24)25/h2-3,5-6,11-12H,4,7-10,13H2,1H3. The predicted octanol–water partition coefficient (Wildman–Crippen LogP) is 3.67. The molecule has 7 nitrogen and oxygen atoms in total. The van der Waals surface area contributed by atoms with Gasteiger partial charge in [-0.1, -0.05) is 23.7 Å². The Hall–Kier alpha value is -3.01. The van der Waals surface area contributed by atoms with E-state index < -0.39 is 18.7 Å². The summed E-state index contributed by atoms with van der Waals surface area (Å²) >= 11 is 5.94. The van der Waals surface area contributed by atoms with E-state index in [1.54, 1.807) is 34.1 Å². The van der Waals surface area contributed by atoms with Crippen molar-refractivity contribution in [2.75, 3.05) is 39.9 Å². The van der Waals surface area contributed by atoms with Gasteiger partial charge in [-0.05, 0) is 24.6 Å². The van der Waals surface area contributed by atoms with Crippen LogP contribution in [0.4, 0.5) is 13.2 Å². The van der Waals surface area contributed by atoms with Crippen molar-refractivity contribution in [2.45, 2.75) is 12.6 Å². The molecule has 11 heteroatoms. The van der Waals surface area contributed by atoms with E-state index in [4.69, 9.17) is 16.3 Å². The van der Waals surface area contributed by atoms with Crippen LogP contribution in [0.15, 0.2) is 36.5 Å². The van der Waals surface area contributed by atoms with Gasteiger partial charge in [0.25, 0.3) is 11.8 Å². The molecule has 1 fully saturated rings. The highest BCUT2D eigenvalue weighted by Gasteiger charge is 2.30. The van der Waals surface area contributed by atoms with Gasteiger partial charge in [-0.15, -0.1) is 0 Å². The van der Waals surface area contributed by atoms with Crippen molar-refractivity contribution < 1.29 is 32.2 Å². The van der Waals surface area contributed by atoms with E-state index in [2.05, 4.69) is 9.72 Å². The monoisotopic (exact) mass is 471 g/mol. The van der Waals surface area contributed by atoms with Gasteiger partial charge in [-0.25, -0.2) is 4.98 Å². The van der Waals surface area contributed by atoms with Crippen LogP contribution >= 0.6 is 11.6 Å². The van der Waals surface area contributed by atoms with E-state index in [0.717, 1.165) is 6.20 Å². The van der Waals surface area contributed by atoms with Crippen molar-refractivity contribution in [3.05, 3.63) is 52.7 Å². The van der Waals surface area contributed by atoms with Crippen LogP contribution in [0.2, 0.25) is 5.02 Å². The lowest BCUT2D eigenvalue weighted by Gasteiger charge is -2.23. The topological polar surface area (TPSA) is 72.0 Å². The lowest BCUT2D eigenvalue weighted by atomic mass is 10.1. The van der Waals surface area contributed by atoms with Crippen LogP contribution in [0, 0.1) is 0 Å². The fraction of sp³-hybridized carbons (Fsp3) is 0.381. The van der Waals surface area contributed by atoms with Gasteiger partial charge >= 0.3 is 6.18 Å². The third-order valence-corrected chi connectivity index (χ3v) is 5.11. The van der Waals surface area contributed by atoms with Crippen molar-refractivity contribution in [2.24, 2.45) is 0 Å². The molecule has 0 unspecified atom stereocenters. The van der Waals surface area contributed by atoms with Gasteiger partial charge in [0.2, 0.25) is 5.88 Å². The molecule has 1 aromatic heterocycles. The first-order valence-corrected chi connectivity index (χ1v) is 10.1. The van der Waals surface area contributed by atoms with Crippen LogP contribution in [0.3, 0.4) is 0 Å². The third kappa shape index (κ3) is 5.82. The first-order valence-electron chi connectivity index (χ1n) is 9.76. The Bertz CT molecular complexity index is 987. The number of carbonyl (C=O) groups excluding carboxylic acids is 2. The second-order valence-electron chi connectivity index (χ2n) is 7.05. The van der Waals surface area contributed by atoms with Gasteiger partial charge in [0.15, 0.2) is 6.61 Å². The average molecular weight is 472 g/mol. The Morgan fingerprint density at radius 1 is 1.09 bits per heavy atom. The number of alkyl halides is 3. The summed E-state index contributed by atoms with van der Waals surface area (Å²) in [7, 11) is 1.49. The number of para-hydroxylation sites is 1. The summed E-state index contributed by atoms with van der Waals surface area (Å²) in [5.41, 5.74) is 0.569. The smallest absolute Gasteiger partial charge is 0.422 e. The molecule has 1 saturated heterocycles. The first-order chi connectivity index (χ1) is 15.2. The second kappa shape index (κ2) is 10.1. The van der Waals surface area contributed by atoms with Crippen LogP contribution < -0.4 is 9.47 Å². The molecular formula is C21H21ClF3N3O4. The maximum absolute atomic E-state index is 12.9. The van der Waals surface area contributed by atoms with Crippen LogP contribution in [0.25, 0.3) is 0 Å². The molecular weight excluding hydrogens is 451 g/mol. The lowest BCUT2D eigenvalue weighted by molar-refractivity contribution is -0.154. The summed E-state index contributed by atoms with van der Waals surface area (Å²) in [6, 6.07) is 8.15. The Morgan fingerprint density at radius 3 is 2.38 bits per heavy atom. The Kier molecular flexibility index (Phi) is 7.44. The van der Waals surface area contributed by atoms with Gasteiger partial charge < -0.3 is 19.3 Å². The third-order valence-electron chi connectivity index (χ3n) is 4.83. The number of benzene rings is 1. The van der Waals surface area contributed by atoms with Gasteiger partial charge in [-0.2, -0.15) is 13.2 Å². The Morgan fingerprint density at radius 2 is 1.75 bits per heavy atom.